The van der Waals surface area contributed by atoms with Gasteiger partial charge >= 0.3 is 0 Å². The number of hydrogen-bond acceptors (Lipinski definition) is 3. The molecule has 2 heterocycles. The number of rotatable bonds is 4. The Balaban J connectivity index is 1.77. The van der Waals surface area contributed by atoms with Crippen molar-refractivity contribution >= 4 is 12.0 Å². The highest BCUT2D eigenvalue weighted by Gasteiger charge is 2.40. The first kappa shape index (κ1) is 19.9. The molecule has 30 heavy (non-hydrogen) atoms. The van der Waals surface area contributed by atoms with Crippen LogP contribution < -0.4 is 0 Å². The average molecular weight is 399 g/mol. The van der Waals surface area contributed by atoms with Gasteiger partial charge in [0.25, 0.3) is 5.91 Å². The van der Waals surface area contributed by atoms with Gasteiger partial charge in [-0.25, -0.2) is 0 Å². The summed E-state index contributed by atoms with van der Waals surface area (Å²) in [6.45, 7) is 4.20. The quantitative estimate of drug-likeness (QED) is 0.563. The summed E-state index contributed by atoms with van der Waals surface area (Å²) < 4.78 is 6.37. The summed E-state index contributed by atoms with van der Waals surface area (Å²) in [6, 6.07) is 20.3. The molecule has 3 aromatic rings. The third kappa shape index (κ3) is 3.99. The zero-order valence-corrected chi connectivity index (χ0v) is 17.6. The minimum absolute atomic E-state index is 0.133. The third-order valence-corrected chi connectivity index (χ3v) is 5.61. The molecule has 4 heteroatoms. The number of carbonyl (C=O) groups is 1. The number of carbonyl (C=O) groups excluding carboxylic acids is 1. The van der Waals surface area contributed by atoms with Gasteiger partial charge in [0, 0.05) is 19.4 Å². The Morgan fingerprint density at radius 3 is 2.37 bits per heavy atom. The summed E-state index contributed by atoms with van der Waals surface area (Å²) in [5, 5.41) is 0. The Bertz CT molecular complexity index is 1040. The zero-order chi connectivity index (χ0) is 21.1. The summed E-state index contributed by atoms with van der Waals surface area (Å²) in [6.07, 6.45) is 5.89. The molecule has 0 aliphatic carbocycles. The Morgan fingerprint density at radius 1 is 1.03 bits per heavy atom. The maximum absolute atomic E-state index is 13.2. The highest BCUT2D eigenvalue weighted by Crippen LogP contribution is 2.42. The summed E-state index contributed by atoms with van der Waals surface area (Å²) in [5.41, 5.74) is 5.40. The summed E-state index contributed by atoms with van der Waals surface area (Å²) >= 11 is 0. The predicted molar refractivity (Wildman–Crippen MR) is 119 cm³/mol. The first-order valence-electron chi connectivity index (χ1n) is 10.3. The molecule has 1 saturated heterocycles. The van der Waals surface area contributed by atoms with Gasteiger partial charge in [-0.05, 0) is 47.7 Å². The van der Waals surface area contributed by atoms with Gasteiger partial charge in [-0.3, -0.25) is 9.78 Å². The van der Waals surface area contributed by atoms with Gasteiger partial charge in [0.05, 0.1) is 6.04 Å². The lowest BCUT2D eigenvalue weighted by Gasteiger charge is -2.40. The summed E-state index contributed by atoms with van der Waals surface area (Å²) in [5.74, 6) is 0.198. The highest BCUT2D eigenvalue weighted by molar-refractivity contribution is 5.96. The van der Waals surface area contributed by atoms with Gasteiger partial charge in [0.1, 0.15) is 6.10 Å². The number of amides is 1. The van der Waals surface area contributed by atoms with E-state index in [0.29, 0.717) is 5.76 Å². The van der Waals surface area contributed by atoms with Crippen molar-refractivity contribution in [1.29, 1.82) is 0 Å². The molecule has 1 fully saturated rings. The predicted octanol–water partition coefficient (Wildman–Crippen LogP) is 5.26. The van der Waals surface area contributed by atoms with E-state index in [0.717, 1.165) is 23.1 Å². The second kappa shape index (κ2) is 8.54. The number of aromatic nitrogens is 1. The van der Waals surface area contributed by atoms with Crippen molar-refractivity contribution in [3.63, 3.8) is 0 Å². The molecule has 1 aliphatic heterocycles. The van der Waals surface area contributed by atoms with Gasteiger partial charge < -0.3 is 9.64 Å². The van der Waals surface area contributed by atoms with E-state index in [-0.39, 0.29) is 18.1 Å². The van der Waals surface area contributed by atoms with Crippen molar-refractivity contribution < 1.29 is 9.53 Å². The second-order valence-electron chi connectivity index (χ2n) is 7.70. The SMILES string of the molecule is CCc1ccc(C2OC(=Cc3cccnc3)C(=O)N(C)C2c2ccc(C)cc2)cc1. The Kier molecular flexibility index (Phi) is 5.66. The number of morpholine rings is 1. The highest BCUT2D eigenvalue weighted by atomic mass is 16.5. The first-order valence-corrected chi connectivity index (χ1v) is 10.3. The lowest BCUT2D eigenvalue weighted by molar-refractivity contribution is -0.144. The molecule has 0 radical (unpaired) electrons. The molecule has 1 amide bonds. The minimum atomic E-state index is -0.302. The first-order chi connectivity index (χ1) is 14.6. The van der Waals surface area contributed by atoms with E-state index in [4.69, 9.17) is 4.74 Å². The molecule has 0 bridgehead atoms. The van der Waals surface area contributed by atoms with Crippen molar-refractivity contribution in [2.24, 2.45) is 0 Å². The van der Waals surface area contributed by atoms with Crippen LogP contribution in [-0.2, 0) is 16.0 Å². The van der Waals surface area contributed by atoms with Crippen LogP contribution in [0.15, 0.2) is 78.8 Å². The maximum atomic E-state index is 13.2. The van der Waals surface area contributed by atoms with Crippen molar-refractivity contribution in [3.8, 4) is 0 Å². The lowest BCUT2D eigenvalue weighted by Crippen LogP contribution is -2.42. The normalized spacial score (nSPS) is 20.3. The topological polar surface area (TPSA) is 42.4 Å². The van der Waals surface area contributed by atoms with Crippen LogP contribution >= 0.6 is 0 Å². The molecule has 2 unspecified atom stereocenters. The molecule has 0 saturated carbocycles. The molecule has 0 spiro atoms. The molecule has 1 aromatic heterocycles. The number of benzene rings is 2. The Morgan fingerprint density at radius 2 is 1.73 bits per heavy atom. The van der Waals surface area contributed by atoms with Gasteiger partial charge in [0.15, 0.2) is 5.76 Å². The number of likely N-dealkylation sites (N-methyl/N-ethyl adjacent to an activating group) is 1. The molecule has 0 N–H and O–H groups in total. The largest absolute Gasteiger partial charge is 0.477 e. The van der Waals surface area contributed by atoms with Gasteiger partial charge in [0.2, 0.25) is 0 Å². The summed E-state index contributed by atoms with van der Waals surface area (Å²) in [4.78, 5) is 19.1. The summed E-state index contributed by atoms with van der Waals surface area (Å²) in [7, 11) is 1.85. The van der Waals surface area contributed by atoms with Crippen molar-refractivity contribution in [1.82, 2.24) is 9.88 Å². The smallest absolute Gasteiger partial charge is 0.289 e. The molecule has 2 aromatic carbocycles. The molecule has 1 aliphatic rings. The minimum Gasteiger partial charge on any atom is -0.477 e. The van der Waals surface area contributed by atoms with Crippen LogP contribution in [0, 0.1) is 6.92 Å². The van der Waals surface area contributed by atoms with Crippen molar-refractivity contribution in [3.05, 3.63) is 107 Å². The molecule has 152 valence electrons. The average Bonchev–Trinajstić information content (AvgIpc) is 2.78. The van der Waals surface area contributed by atoms with E-state index in [1.54, 1.807) is 23.4 Å². The van der Waals surface area contributed by atoms with Gasteiger partial charge in [-0.2, -0.15) is 0 Å². The molecule has 4 nitrogen and oxygen atoms in total. The van der Waals surface area contributed by atoms with Crippen LogP contribution in [0.1, 0.15) is 46.9 Å². The van der Waals surface area contributed by atoms with Gasteiger partial charge in [-0.1, -0.05) is 67.1 Å². The van der Waals surface area contributed by atoms with Crippen LogP contribution in [0.25, 0.3) is 6.08 Å². The van der Waals surface area contributed by atoms with E-state index in [9.17, 15) is 4.79 Å². The molecule has 4 rings (SSSR count). The van der Waals surface area contributed by atoms with Gasteiger partial charge in [-0.15, -0.1) is 0 Å². The van der Waals surface area contributed by atoms with E-state index < -0.39 is 0 Å². The van der Waals surface area contributed by atoms with E-state index in [1.807, 2.05) is 19.2 Å². The third-order valence-electron chi connectivity index (χ3n) is 5.61. The van der Waals surface area contributed by atoms with E-state index in [2.05, 4.69) is 67.4 Å². The fourth-order valence-electron chi connectivity index (χ4n) is 3.82. The number of pyridine rings is 1. The lowest BCUT2D eigenvalue weighted by atomic mass is 9.91. The zero-order valence-electron chi connectivity index (χ0n) is 17.6. The molecular formula is C26H26N2O2. The van der Waals surface area contributed by atoms with Crippen LogP contribution in [0.4, 0.5) is 0 Å². The number of ether oxygens (including phenoxy) is 1. The van der Waals surface area contributed by atoms with Crippen molar-refractivity contribution in [2.45, 2.75) is 32.4 Å². The maximum Gasteiger partial charge on any atom is 0.289 e. The number of hydrogen-bond donors (Lipinski definition) is 0. The molecule has 2 atom stereocenters. The van der Waals surface area contributed by atoms with Crippen molar-refractivity contribution in [2.75, 3.05) is 7.05 Å². The monoisotopic (exact) mass is 398 g/mol. The number of nitrogens with zero attached hydrogens (tertiary/aromatic N) is 2. The Hall–Kier alpha value is -3.40. The fraction of sp³-hybridized carbons (Fsp3) is 0.231. The van der Waals surface area contributed by atoms with Crippen LogP contribution in [0.3, 0.4) is 0 Å². The standard InChI is InChI=1S/C26H26N2O2/c1-4-19-9-13-22(14-10-19)25-24(21-11-7-18(2)8-12-21)28(3)26(29)23(30-25)16-20-6-5-15-27-17-20/h5-17,24-25H,4H2,1-3H3. The second-order valence-corrected chi connectivity index (χ2v) is 7.70. The fourth-order valence-corrected chi connectivity index (χ4v) is 3.82. The van der Waals surface area contributed by atoms with Crippen LogP contribution in [0.2, 0.25) is 0 Å². The molecular weight excluding hydrogens is 372 g/mol. The van der Waals surface area contributed by atoms with E-state index in [1.165, 1.54) is 11.1 Å². The van der Waals surface area contributed by atoms with Crippen LogP contribution in [0.5, 0.6) is 0 Å². The number of aryl methyl sites for hydroxylation is 2. The van der Waals surface area contributed by atoms with E-state index >= 15 is 0 Å². The Labute approximate surface area is 177 Å². The van der Waals surface area contributed by atoms with Crippen LogP contribution in [-0.4, -0.2) is 22.8 Å².